The van der Waals surface area contributed by atoms with Crippen molar-refractivity contribution in [2.24, 2.45) is 0 Å². The summed E-state index contributed by atoms with van der Waals surface area (Å²) in [6.45, 7) is 1.83. The minimum absolute atomic E-state index is 0.0999. The summed E-state index contributed by atoms with van der Waals surface area (Å²) in [5.74, 6) is 5.93. The van der Waals surface area contributed by atoms with Gasteiger partial charge in [-0.05, 0) is 48.7 Å². The molecule has 6 rings (SSSR count). The molecule has 0 spiro atoms. The molecular weight excluding hydrogens is 502 g/mol. The summed E-state index contributed by atoms with van der Waals surface area (Å²) in [4.78, 5) is 38.9. The summed E-state index contributed by atoms with van der Waals surface area (Å²) in [5, 5.41) is 4.22. The van der Waals surface area contributed by atoms with Gasteiger partial charge in [0.1, 0.15) is 6.20 Å². The Morgan fingerprint density at radius 2 is 1.95 bits per heavy atom. The monoisotopic (exact) mass is 526 g/mol. The quantitative estimate of drug-likeness (QED) is 0.240. The lowest BCUT2D eigenvalue weighted by molar-refractivity contribution is -0.513. The number of H-pyrrole nitrogens is 1. The Balaban J connectivity index is 1.48. The first-order chi connectivity index (χ1) is 19.5. The number of para-hydroxylation sites is 1. The van der Waals surface area contributed by atoms with Gasteiger partial charge in [-0.25, -0.2) is 4.40 Å². The molecule has 2 aromatic carbocycles. The molecular formula is C31H24N7O2+. The van der Waals surface area contributed by atoms with Crippen LogP contribution in [-0.2, 0) is 0 Å². The SMILES string of the molecule is CC(NC(=O)c1c(N)nc[n+]2cc[nH]c12)c1cc2cccc(C#Cc3cccnc3)c2c(=O)n1-c1ccccc1. The van der Waals surface area contributed by atoms with Gasteiger partial charge in [0.15, 0.2) is 5.56 Å². The number of fused-ring (bicyclic) bond motifs is 2. The van der Waals surface area contributed by atoms with Gasteiger partial charge in [0, 0.05) is 34.9 Å². The Bertz CT molecular complexity index is 2000. The fourth-order valence-electron chi connectivity index (χ4n) is 4.74. The van der Waals surface area contributed by atoms with Crippen molar-refractivity contribution in [3.05, 3.63) is 131 Å². The average Bonchev–Trinajstić information content (AvgIpc) is 3.45. The van der Waals surface area contributed by atoms with E-state index in [1.807, 2.05) is 73.7 Å². The van der Waals surface area contributed by atoms with Crippen LogP contribution >= 0.6 is 0 Å². The van der Waals surface area contributed by atoms with Gasteiger partial charge in [0.2, 0.25) is 17.8 Å². The second-order valence-corrected chi connectivity index (χ2v) is 9.22. The highest BCUT2D eigenvalue weighted by molar-refractivity contribution is 6.03. The predicted octanol–water partition coefficient (Wildman–Crippen LogP) is 3.32. The number of nitrogens with zero attached hydrogens (tertiary/aromatic N) is 4. The van der Waals surface area contributed by atoms with E-state index in [-0.39, 0.29) is 16.9 Å². The van der Waals surface area contributed by atoms with Crippen LogP contribution in [0.1, 0.15) is 40.1 Å². The molecule has 0 aliphatic rings. The summed E-state index contributed by atoms with van der Waals surface area (Å²) in [6, 6.07) is 19.9. The number of aromatic amines is 1. The second-order valence-electron chi connectivity index (χ2n) is 9.22. The third kappa shape index (κ3) is 4.44. The topological polar surface area (TPSA) is 123 Å². The number of nitrogen functional groups attached to an aromatic ring is 1. The number of rotatable bonds is 4. The van der Waals surface area contributed by atoms with Crippen molar-refractivity contribution >= 4 is 28.1 Å². The lowest BCUT2D eigenvalue weighted by atomic mass is 10.0. The molecule has 4 heterocycles. The van der Waals surface area contributed by atoms with Crippen LogP contribution in [-0.4, -0.2) is 25.4 Å². The fourth-order valence-corrected chi connectivity index (χ4v) is 4.74. The number of hydrogen-bond acceptors (Lipinski definition) is 5. The second kappa shape index (κ2) is 10.2. The number of imidazole rings is 1. The molecule has 9 nitrogen and oxygen atoms in total. The van der Waals surface area contributed by atoms with Crippen molar-refractivity contribution in [2.75, 3.05) is 5.73 Å². The van der Waals surface area contributed by atoms with Crippen LogP contribution in [0.5, 0.6) is 0 Å². The zero-order chi connectivity index (χ0) is 27.6. The van der Waals surface area contributed by atoms with Crippen LogP contribution in [0.4, 0.5) is 5.82 Å². The van der Waals surface area contributed by atoms with E-state index in [0.717, 1.165) is 10.9 Å². The van der Waals surface area contributed by atoms with Gasteiger partial charge in [-0.2, -0.15) is 0 Å². The van der Waals surface area contributed by atoms with Gasteiger partial charge in [-0.15, -0.1) is 0 Å². The minimum Gasteiger partial charge on any atom is -0.369 e. The van der Waals surface area contributed by atoms with E-state index in [0.29, 0.717) is 28.0 Å². The van der Waals surface area contributed by atoms with E-state index in [2.05, 4.69) is 32.1 Å². The summed E-state index contributed by atoms with van der Waals surface area (Å²) in [7, 11) is 0. The first kappa shape index (κ1) is 24.6. The maximum absolute atomic E-state index is 14.2. The van der Waals surface area contributed by atoms with Crippen molar-refractivity contribution < 1.29 is 9.20 Å². The molecule has 1 unspecified atom stereocenters. The molecule has 1 atom stereocenters. The maximum atomic E-state index is 14.2. The zero-order valence-corrected chi connectivity index (χ0v) is 21.5. The summed E-state index contributed by atoms with van der Waals surface area (Å²) in [5.41, 5.74) is 9.23. The van der Waals surface area contributed by atoms with E-state index in [9.17, 15) is 9.59 Å². The number of benzene rings is 2. The normalized spacial score (nSPS) is 11.6. The zero-order valence-electron chi connectivity index (χ0n) is 21.5. The molecule has 0 saturated carbocycles. The molecule has 1 amide bonds. The third-order valence-corrected chi connectivity index (χ3v) is 6.64. The summed E-state index contributed by atoms with van der Waals surface area (Å²) >= 11 is 0. The Hall–Kier alpha value is -5.75. The van der Waals surface area contributed by atoms with Crippen LogP contribution in [0.3, 0.4) is 0 Å². The molecule has 6 aromatic rings. The average molecular weight is 527 g/mol. The lowest BCUT2D eigenvalue weighted by Crippen LogP contribution is -2.34. The van der Waals surface area contributed by atoms with Crippen molar-refractivity contribution in [3.63, 3.8) is 0 Å². The van der Waals surface area contributed by atoms with Crippen molar-refractivity contribution in [1.29, 1.82) is 0 Å². The standard InChI is InChI=1S/C31H23N7O2/c1-20(36-30(39)27-28(32)35-19-37-16-15-34-29(27)37)25-17-23-9-5-8-22(13-12-21-7-6-14-33-18-21)26(23)31(40)38(25)24-10-3-2-4-11-24/h2-11,14-20H,1H3,(H3,32,34,36,39)/p+1. The van der Waals surface area contributed by atoms with Crippen molar-refractivity contribution in [3.8, 4) is 17.5 Å². The third-order valence-electron chi connectivity index (χ3n) is 6.64. The van der Waals surface area contributed by atoms with E-state index in [4.69, 9.17) is 5.73 Å². The van der Waals surface area contributed by atoms with Crippen LogP contribution in [0.2, 0.25) is 0 Å². The number of aromatic nitrogens is 5. The predicted molar refractivity (Wildman–Crippen MR) is 152 cm³/mol. The van der Waals surface area contributed by atoms with Crippen LogP contribution in [0.15, 0.2) is 103 Å². The van der Waals surface area contributed by atoms with Crippen molar-refractivity contribution in [1.82, 2.24) is 24.8 Å². The fraction of sp³-hybridized carbons (Fsp3) is 0.0645. The number of carbonyl (C=O) groups is 1. The van der Waals surface area contributed by atoms with Gasteiger partial charge in [0.05, 0.1) is 17.6 Å². The number of amides is 1. The molecule has 4 aromatic heterocycles. The lowest BCUT2D eigenvalue weighted by Gasteiger charge is -2.21. The smallest absolute Gasteiger partial charge is 0.264 e. The molecule has 40 heavy (non-hydrogen) atoms. The largest absolute Gasteiger partial charge is 0.369 e. The minimum atomic E-state index is -0.565. The van der Waals surface area contributed by atoms with Crippen LogP contribution in [0.25, 0.3) is 22.1 Å². The van der Waals surface area contributed by atoms with Gasteiger partial charge >= 0.3 is 0 Å². The Labute approximate surface area is 229 Å². The first-order valence-electron chi connectivity index (χ1n) is 12.6. The molecule has 9 heteroatoms. The Morgan fingerprint density at radius 3 is 2.75 bits per heavy atom. The number of hydrogen-bond donors (Lipinski definition) is 3. The Kier molecular flexibility index (Phi) is 6.26. The molecule has 0 bridgehead atoms. The molecule has 4 N–H and O–H groups in total. The number of nitrogens with one attached hydrogen (secondary N) is 2. The number of pyridine rings is 2. The molecule has 194 valence electrons. The van der Waals surface area contributed by atoms with Gasteiger partial charge in [-0.3, -0.25) is 24.1 Å². The highest BCUT2D eigenvalue weighted by atomic mass is 16.2. The summed E-state index contributed by atoms with van der Waals surface area (Å²) in [6.07, 6.45) is 8.34. The molecule has 0 saturated heterocycles. The van der Waals surface area contributed by atoms with E-state index in [1.54, 1.807) is 33.8 Å². The van der Waals surface area contributed by atoms with E-state index >= 15 is 0 Å². The van der Waals surface area contributed by atoms with Gasteiger partial charge in [-0.1, -0.05) is 47.2 Å². The van der Waals surface area contributed by atoms with Crippen LogP contribution in [0, 0.1) is 11.8 Å². The van der Waals surface area contributed by atoms with E-state index in [1.165, 1.54) is 6.33 Å². The molecule has 0 aliphatic heterocycles. The number of anilines is 1. The molecule has 0 aliphatic carbocycles. The molecule has 0 fully saturated rings. The van der Waals surface area contributed by atoms with E-state index < -0.39 is 11.9 Å². The van der Waals surface area contributed by atoms with Crippen molar-refractivity contribution in [2.45, 2.75) is 13.0 Å². The highest BCUT2D eigenvalue weighted by Gasteiger charge is 2.25. The van der Waals surface area contributed by atoms with Crippen LogP contribution < -0.4 is 21.0 Å². The highest BCUT2D eigenvalue weighted by Crippen LogP contribution is 2.24. The molecule has 0 radical (unpaired) electrons. The summed E-state index contributed by atoms with van der Waals surface area (Å²) < 4.78 is 3.30. The number of carbonyl (C=O) groups excluding carboxylic acids is 1. The first-order valence-corrected chi connectivity index (χ1v) is 12.6. The van der Waals surface area contributed by atoms with Gasteiger partial charge < -0.3 is 11.1 Å². The maximum Gasteiger partial charge on any atom is 0.264 e. The number of nitrogens with two attached hydrogens (primary N) is 1. The van der Waals surface area contributed by atoms with Gasteiger partial charge in [0.25, 0.3) is 11.5 Å². The Morgan fingerprint density at radius 1 is 1.10 bits per heavy atom.